The molecule has 20 heavy (non-hydrogen) atoms. The molecule has 3 heteroatoms. The predicted molar refractivity (Wildman–Crippen MR) is 79.4 cm³/mol. The van der Waals surface area contributed by atoms with E-state index in [2.05, 4.69) is 4.98 Å². The number of piperidine rings is 1. The van der Waals surface area contributed by atoms with E-state index in [0.717, 1.165) is 42.6 Å². The molecule has 3 nitrogen and oxygen atoms in total. The monoisotopic (exact) mass is 266 g/mol. The van der Waals surface area contributed by atoms with E-state index in [1.165, 1.54) is 6.42 Å². The highest BCUT2D eigenvalue weighted by molar-refractivity contribution is 5.95. The van der Waals surface area contributed by atoms with E-state index in [1.807, 2.05) is 41.3 Å². The maximum Gasteiger partial charge on any atom is 0.253 e. The van der Waals surface area contributed by atoms with Crippen molar-refractivity contribution in [2.24, 2.45) is 0 Å². The van der Waals surface area contributed by atoms with Crippen molar-refractivity contribution in [2.75, 3.05) is 13.1 Å². The largest absolute Gasteiger partial charge is 0.339 e. The number of carbonyl (C=O) groups is 1. The number of rotatable bonds is 2. The number of benzene rings is 1. The van der Waals surface area contributed by atoms with Gasteiger partial charge in [0.15, 0.2) is 0 Å². The summed E-state index contributed by atoms with van der Waals surface area (Å²) in [6.07, 6.45) is 7.02. The standard InChI is InChI=1S/C17H18N2O/c20-17(19-11-2-1-3-12-19)16-6-4-5-15(13-16)14-7-9-18-10-8-14/h4-10,13H,1-3,11-12H2. The van der Waals surface area contributed by atoms with Crippen LogP contribution in [0.25, 0.3) is 11.1 Å². The van der Waals surface area contributed by atoms with Gasteiger partial charge in [0.2, 0.25) is 0 Å². The summed E-state index contributed by atoms with van der Waals surface area (Å²) >= 11 is 0. The van der Waals surface area contributed by atoms with Gasteiger partial charge in [0.1, 0.15) is 0 Å². The number of aromatic nitrogens is 1. The van der Waals surface area contributed by atoms with Crippen LogP contribution in [0.1, 0.15) is 29.6 Å². The summed E-state index contributed by atoms with van der Waals surface area (Å²) in [6.45, 7) is 1.77. The summed E-state index contributed by atoms with van der Waals surface area (Å²) in [5.74, 6) is 0.153. The molecule has 0 N–H and O–H groups in total. The zero-order valence-corrected chi connectivity index (χ0v) is 11.5. The zero-order valence-electron chi connectivity index (χ0n) is 11.5. The minimum absolute atomic E-state index is 0.153. The predicted octanol–water partition coefficient (Wildman–Crippen LogP) is 3.37. The molecule has 1 fully saturated rings. The van der Waals surface area contributed by atoms with Gasteiger partial charge in [0, 0.05) is 31.0 Å². The van der Waals surface area contributed by atoms with Crippen molar-refractivity contribution < 1.29 is 4.79 Å². The van der Waals surface area contributed by atoms with Gasteiger partial charge in [-0.2, -0.15) is 0 Å². The fourth-order valence-corrected chi connectivity index (χ4v) is 2.66. The first-order chi connectivity index (χ1) is 9.84. The van der Waals surface area contributed by atoms with E-state index >= 15 is 0 Å². The lowest BCUT2D eigenvalue weighted by atomic mass is 10.0. The first-order valence-corrected chi connectivity index (χ1v) is 7.14. The van der Waals surface area contributed by atoms with Crippen molar-refractivity contribution in [3.05, 3.63) is 54.4 Å². The Bertz CT molecular complexity index is 589. The quantitative estimate of drug-likeness (QED) is 0.835. The summed E-state index contributed by atoms with van der Waals surface area (Å²) in [4.78, 5) is 18.5. The molecule has 0 unspecified atom stereocenters. The molecule has 1 amide bonds. The number of hydrogen-bond donors (Lipinski definition) is 0. The van der Waals surface area contributed by atoms with Crippen LogP contribution in [0, 0.1) is 0 Å². The van der Waals surface area contributed by atoms with Gasteiger partial charge in [-0.1, -0.05) is 12.1 Å². The maximum absolute atomic E-state index is 12.5. The van der Waals surface area contributed by atoms with Gasteiger partial charge >= 0.3 is 0 Å². The van der Waals surface area contributed by atoms with Gasteiger partial charge in [0.25, 0.3) is 5.91 Å². The molecule has 1 aliphatic rings. The van der Waals surface area contributed by atoms with Gasteiger partial charge in [-0.25, -0.2) is 0 Å². The molecular weight excluding hydrogens is 248 g/mol. The number of likely N-dealkylation sites (tertiary alicyclic amines) is 1. The van der Waals surface area contributed by atoms with Crippen LogP contribution in [0.4, 0.5) is 0 Å². The Hall–Kier alpha value is -2.16. The van der Waals surface area contributed by atoms with E-state index in [-0.39, 0.29) is 5.91 Å². The molecule has 102 valence electrons. The normalized spacial score (nSPS) is 15.1. The molecule has 0 saturated carbocycles. The number of carbonyl (C=O) groups excluding carboxylic acids is 1. The summed E-state index contributed by atoms with van der Waals surface area (Å²) < 4.78 is 0. The smallest absolute Gasteiger partial charge is 0.253 e. The van der Waals surface area contributed by atoms with Crippen molar-refractivity contribution in [1.82, 2.24) is 9.88 Å². The third kappa shape index (κ3) is 2.72. The lowest BCUT2D eigenvalue weighted by molar-refractivity contribution is 0.0724. The Labute approximate surface area is 119 Å². The van der Waals surface area contributed by atoms with Crippen molar-refractivity contribution in [3.8, 4) is 11.1 Å². The van der Waals surface area contributed by atoms with Crippen LogP contribution in [-0.4, -0.2) is 28.9 Å². The third-order valence-corrected chi connectivity index (χ3v) is 3.77. The summed E-state index contributed by atoms with van der Waals surface area (Å²) in [7, 11) is 0. The highest BCUT2D eigenvalue weighted by Gasteiger charge is 2.18. The second-order valence-corrected chi connectivity index (χ2v) is 5.17. The molecule has 0 atom stereocenters. The van der Waals surface area contributed by atoms with Gasteiger partial charge in [0.05, 0.1) is 0 Å². The van der Waals surface area contributed by atoms with Gasteiger partial charge in [-0.05, 0) is 54.7 Å². The molecule has 2 aromatic rings. The maximum atomic E-state index is 12.5. The molecule has 1 aliphatic heterocycles. The number of hydrogen-bond acceptors (Lipinski definition) is 2. The van der Waals surface area contributed by atoms with E-state index in [1.54, 1.807) is 12.4 Å². The van der Waals surface area contributed by atoms with E-state index in [9.17, 15) is 4.79 Å². The highest BCUT2D eigenvalue weighted by atomic mass is 16.2. The fourth-order valence-electron chi connectivity index (χ4n) is 2.66. The van der Waals surface area contributed by atoms with Crippen molar-refractivity contribution >= 4 is 5.91 Å². The molecule has 1 aromatic heterocycles. The van der Waals surface area contributed by atoms with Gasteiger partial charge < -0.3 is 4.90 Å². The van der Waals surface area contributed by atoms with E-state index in [4.69, 9.17) is 0 Å². The van der Waals surface area contributed by atoms with Crippen LogP contribution in [0.3, 0.4) is 0 Å². The Morgan fingerprint density at radius 3 is 2.45 bits per heavy atom. The van der Waals surface area contributed by atoms with Crippen LogP contribution < -0.4 is 0 Å². The lowest BCUT2D eigenvalue weighted by Crippen LogP contribution is -2.35. The summed E-state index contributed by atoms with van der Waals surface area (Å²) in [5.41, 5.74) is 2.93. The summed E-state index contributed by atoms with van der Waals surface area (Å²) in [6, 6.07) is 11.8. The van der Waals surface area contributed by atoms with E-state index < -0.39 is 0 Å². The Morgan fingerprint density at radius 2 is 1.70 bits per heavy atom. The Morgan fingerprint density at radius 1 is 0.950 bits per heavy atom. The van der Waals surface area contributed by atoms with Gasteiger partial charge in [-0.3, -0.25) is 9.78 Å². The molecule has 1 aromatic carbocycles. The topological polar surface area (TPSA) is 33.2 Å². The lowest BCUT2D eigenvalue weighted by Gasteiger charge is -2.26. The van der Waals surface area contributed by atoms with Crippen LogP contribution >= 0.6 is 0 Å². The highest BCUT2D eigenvalue weighted by Crippen LogP contribution is 2.21. The summed E-state index contributed by atoms with van der Waals surface area (Å²) in [5, 5.41) is 0. The van der Waals surface area contributed by atoms with Crippen molar-refractivity contribution in [3.63, 3.8) is 0 Å². The van der Waals surface area contributed by atoms with Crippen molar-refractivity contribution in [2.45, 2.75) is 19.3 Å². The fraction of sp³-hybridized carbons (Fsp3) is 0.294. The van der Waals surface area contributed by atoms with Gasteiger partial charge in [-0.15, -0.1) is 0 Å². The third-order valence-electron chi connectivity index (χ3n) is 3.77. The first-order valence-electron chi connectivity index (χ1n) is 7.14. The number of pyridine rings is 1. The minimum atomic E-state index is 0.153. The van der Waals surface area contributed by atoms with Crippen molar-refractivity contribution in [1.29, 1.82) is 0 Å². The molecule has 1 saturated heterocycles. The first kappa shape index (κ1) is 12.9. The SMILES string of the molecule is O=C(c1cccc(-c2ccncc2)c1)N1CCCCC1. The molecule has 2 heterocycles. The Balaban J connectivity index is 1.85. The molecule has 0 spiro atoms. The van der Waals surface area contributed by atoms with Crippen LogP contribution in [0.2, 0.25) is 0 Å². The minimum Gasteiger partial charge on any atom is -0.339 e. The molecule has 3 rings (SSSR count). The Kier molecular flexibility index (Phi) is 3.77. The van der Waals surface area contributed by atoms with Crippen LogP contribution in [0.5, 0.6) is 0 Å². The second-order valence-electron chi connectivity index (χ2n) is 5.17. The number of nitrogens with zero attached hydrogens (tertiary/aromatic N) is 2. The van der Waals surface area contributed by atoms with Crippen LogP contribution in [-0.2, 0) is 0 Å². The van der Waals surface area contributed by atoms with Crippen LogP contribution in [0.15, 0.2) is 48.8 Å². The zero-order chi connectivity index (χ0) is 13.8. The van der Waals surface area contributed by atoms with E-state index in [0.29, 0.717) is 0 Å². The molecule has 0 aliphatic carbocycles. The second kappa shape index (κ2) is 5.87. The number of amides is 1. The molecule has 0 bridgehead atoms. The molecule has 0 radical (unpaired) electrons. The molecular formula is C17H18N2O. The average Bonchev–Trinajstić information content (AvgIpc) is 2.56. The average molecular weight is 266 g/mol.